The number of carbonyl (C=O) groups excluding carboxylic acids is 1. The van der Waals surface area contributed by atoms with E-state index in [1.54, 1.807) is 12.1 Å². The molecule has 0 spiro atoms. The summed E-state index contributed by atoms with van der Waals surface area (Å²) in [6.45, 7) is 0. The molecule has 0 bridgehead atoms. The molecule has 0 saturated carbocycles. The third-order valence-electron chi connectivity index (χ3n) is 3.24. The number of amides is 1. The van der Waals surface area contributed by atoms with Crippen LogP contribution in [-0.4, -0.2) is 22.2 Å². The van der Waals surface area contributed by atoms with E-state index in [2.05, 4.69) is 15.5 Å². The Balaban J connectivity index is 1.71. The van der Waals surface area contributed by atoms with Crippen LogP contribution in [0.5, 0.6) is 0 Å². The van der Waals surface area contributed by atoms with Gasteiger partial charge in [0.1, 0.15) is 5.25 Å². The zero-order valence-electron chi connectivity index (χ0n) is 12.3. The maximum atomic E-state index is 12.0. The van der Waals surface area contributed by atoms with E-state index in [9.17, 15) is 14.9 Å². The summed E-state index contributed by atoms with van der Waals surface area (Å²) in [6.07, 6.45) is 1.41. The smallest absolute Gasteiger partial charge is 0.270 e. The van der Waals surface area contributed by atoms with Crippen molar-refractivity contribution in [3.05, 3.63) is 75.8 Å². The van der Waals surface area contributed by atoms with Crippen LogP contribution in [-0.2, 0) is 4.79 Å². The van der Waals surface area contributed by atoms with Gasteiger partial charge in [0.15, 0.2) is 5.17 Å². The van der Waals surface area contributed by atoms with Crippen LogP contribution < -0.4 is 5.32 Å². The van der Waals surface area contributed by atoms with Crippen molar-refractivity contribution in [2.45, 2.75) is 5.25 Å². The molecule has 1 amide bonds. The van der Waals surface area contributed by atoms with E-state index in [0.717, 1.165) is 5.56 Å². The summed E-state index contributed by atoms with van der Waals surface area (Å²) in [5, 5.41) is 21.3. The van der Waals surface area contributed by atoms with Crippen LogP contribution in [0.15, 0.2) is 64.8 Å². The predicted octanol–water partition coefficient (Wildman–Crippen LogP) is 2.89. The highest BCUT2D eigenvalue weighted by Gasteiger charge is 2.31. The van der Waals surface area contributed by atoms with Gasteiger partial charge in [-0.05, 0) is 5.56 Å². The minimum atomic E-state index is -0.471. The number of amidine groups is 1. The van der Waals surface area contributed by atoms with Crippen molar-refractivity contribution >= 4 is 34.7 Å². The number of thioether (sulfide) groups is 1. The number of benzene rings is 2. The Labute approximate surface area is 141 Å². The largest absolute Gasteiger partial charge is 0.302 e. The van der Waals surface area contributed by atoms with Gasteiger partial charge in [-0.15, -0.1) is 5.10 Å². The molecule has 1 aliphatic heterocycles. The Morgan fingerprint density at radius 1 is 1.17 bits per heavy atom. The summed E-state index contributed by atoms with van der Waals surface area (Å²) in [4.78, 5) is 22.3. The van der Waals surface area contributed by atoms with Crippen LogP contribution >= 0.6 is 11.8 Å². The average molecular weight is 340 g/mol. The fraction of sp³-hybridized carbons (Fsp3) is 0.0625. The molecule has 1 N–H and O–H groups in total. The van der Waals surface area contributed by atoms with E-state index in [-0.39, 0.29) is 16.8 Å². The predicted molar refractivity (Wildman–Crippen MR) is 93.0 cm³/mol. The third kappa shape index (κ3) is 3.66. The molecule has 2 aromatic rings. The van der Waals surface area contributed by atoms with Crippen molar-refractivity contribution in [1.29, 1.82) is 0 Å². The van der Waals surface area contributed by atoms with Crippen molar-refractivity contribution in [2.75, 3.05) is 0 Å². The molecule has 0 radical (unpaired) electrons. The first-order valence-corrected chi connectivity index (χ1v) is 7.89. The summed E-state index contributed by atoms with van der Waals surface area (Å²) >= 11 is 1.28. The van der Waals surface area contributed by atoms with Crippen molar-refractivity contribution < 1.29 is 9.72 Å². The molecule has 7 nitrogen and oxygen atoms in total. The molecule has 1 aliphatic rings. The van der Waals surface area contributed by atoms with Crippen LogP contribution in [0.25, 0.3) is 0 Å². The van der Waals surface area contributed by atoms with Gasteiger partial charge in [0, 0.05) is 17.7 Å². The molecule has 24 heavy (non-hydrogen) atoms. The molecule has 1 saturated heterocycles. The van der Waals surface area contributed by atoms with Gasteiger partial charge in [-0.1, -0.05) is 54.2 Å². The van der Waals surface area contributed by atoms with E-state index >= 15 is 0 Å². The first-order valence-electron chi connectivity index (χ1n) is 7.01. The summed E-state index contributed by atoms with van der Waals surface area (Å²) in [5.74, 6) is -0.143. The van der Waals surface area contributed by atoms with Crippen LogP contribution in [0, 0.1) is 10.1 Å². The van der Waals surface area contributed by atoms with Crippen molar-refractivity contribution in [3.8, 4) is 0 Å². The fourth-order valence-corrected chi connectivity index (χ4v) is 3.06. The van der Waals surface area contributed by atoms with Gasteiger partial charge in [0.25, 0.3) is 5.69 Å². The minimum Gasteiger partial charge on any atom is -0.302 e. The van der Waals surface area contributed by atoms with Crippen LogP contribution in [0.3, 0.4) is 0 Å². The lowest BCUT2D eigenvalue weighted by molar-refractivity contribution is -0.384. The number of hydrogen-bond donors (Lipinski definition) is 1. The number of nitro groups is 1. The first-order chi connectivity index (χ1) is 11.6. The van der Waals surface area contributed by atoms with Crippen molar-refractivity contribution in [3.63, 3.8) is 0 Å². The molecule has 1 atom stereocenters. The minimum absolute atomic E-state index is 0.0145. The zero-order chi connectivity index (χ0) is 16.9. The maximum absolute atomic E-state index is 12.0. The van der Waals surface area contributed by atoms with Crippen molar-refractivity contribution in [2.24, 2.45) is 10.2 Å². The average Bonchev–Trinajstić information content (AvgIpc) is 2.96. The highest BCUT2D eigenvalue weighted by molar-refractivity contribution is 8.15. The van der Waals surface area contributed by atoms with Gasteiger partial charge in [0.2, 0.25) is 5.91 Å². The molecule has 1 unspecified atom stereocenters. The number of nitro benzene ring substituents is 1. The second-order valence-electron chi connectivity index (χ2n) is 4.90. The standard InChI is InChI=1S/C16H12N4O3S/c21-15-14(12-6-2-1-3-7-12)24-16(18-15)19-17-10-11-5-4-8-13(9-11)20(22)23/h1-10,14H,(H,18,19,21). The van der Waals surface area contributed by atoms with E-state index in [1.165, 1.54) is 30.1 Å². The first kappa shape index (κ1) is 15.9. The fourth-order valence-electron chi connectivity index (χ4n) is 2.13. The molecule has 3 rings (SSSR count). The normalized spacial score (nSPS) is 18.9. The van der Waals surface area contributed by atoms with Crippen LogP contribution in [0.2, 0.25) is 0 Å². The Hall–Kier alpha value is -3.00. The van der Waals surface area contributed by atoms with E-state index in [4.69, 9.17) is 0 Å². The number of non-ortho nitro benzene ring substituents is 1. The Morgan fingerprint density at radius 3 is 2.71 bits per heavy atom. The Kier molecular flexibility index (Phi) is 4.66. The van der Waals surface area contributed by atoms with Crippen molar-refractivity contribution in [1.82, 2.24) is 5.32 Å². The van der Waals surface area contributed by atoms with Crippen LogP contribution in [0.4, 0.5) is 5.69 Å². The molecule has 1 heterocycles. The van der Waals surface area contributed by atoms with Gasteiger partial charge < -0.3 is 5.32 Å². The van der Waals surface area contributed by atoms with Gasteiger partial charge in [-0.25, -0.2) is 0 Å². The number of carbonyl (C=O) groups is 1. The highest BCUT2D eigenvalue weighted by atomic mass is 32.2. The van der Waals surface area contributed by atoms with Gasteiger partial charge in [-0.3, -0.25) is 14.9 Å². The summed E-state index contributed by atoms with van der Waals surface area (Å²) in [6, 6.07) is 15.5. The Bertz CT molecular complexity index is 836. The van der Waals surface area contributed by atoms with Crippen LogP contribution in [0.1, 0.15) is 16.4 Å². The Morgan fingerprint density at radius 2 is 1.96 bits per heavy atom. The molecular formula is C16H12N4O3S. The molecule has 1 fully saturated rings. The number of rotatable bonds is 4. The molecular weight excluding hydrogens is 328 g/mol. The molecule has 120 valence electrons. The summed E-state index contributed by atoms with van der Waals surface area (Å²) in [5.41, 5.74) is 1.44. The lowest BCUT2D eigenvalue weighted by Gasteiger charge is -2.03. The number of hydrogen-bond acceptors (Lipinski definition) is 6. The molecule has 0 aromatic heterocycles. The van der Waals surface area contributed by atoms with E-state index < -0.39 is 4.92 Å². The van der Waals surface area contributed by atoms with Gasteiger partial charge in [0.05, 0.1) is 11.1 Å². The third-order valence-corrected chi connectivity index (χ3v) is 4.37. The second-order valence-corrected chi connectivity index (χ2v) is 5.99. The summed E-state index contributed by atoms with van der Waals surface area (Å²) in [7, 11) is 0. The topological polar surface area (TPSA) is 97.0 Å². The monoisotopic (exact) mass is 340 g/mol. The number of nitrogens with zero attached hydrogens (tertiary/aromatic N) is 3. The van der Waals surface area contributed by atoms with Gasteiger partial charge in [-0.2, -0.15) is 5.10 Å². The highest BCUT2D eigenvalue weighted by Crippen LogP contribution is 2.34. The zero-order valence-corrected chi connectivity index (χ0v) is 13.1. The lowest BCUT2D eigenvalue weighted by Crippen LogP contribution is -2.21. The molecule has 0 aliphatic carbocycles. The summed E-state index contributed by atoms with van der Waals surface area (Å²) < 4.78 is 0. The van der Waals surface area contributed by atoms with E-state index in [0.29, 0.717) is 10.7 Å². The lowest BCUT2D eigenvalue weighted by atomic mass is 10.1. The van der Waals surface area contributed by atoms with E-state index in [1.807, 2.05) is 30.3 Å². The number of nitrogens with one attached hydrogen (secondary N) is 1. The molecule has 8 heteroatoms. The van der Waals surface area contributed by atoms with Gasteiger partial charge >= 0.3 is 0 Å². The SMILES string of the molecule is O=C1N/C(=N\N=Cc2cccc([N+](=O)[O-])c2)SC1c1ccccc1. The molecule has 2 aromatic carbocycles. The maximum Gasteiger partial charge on any atom is 0.270 e. The second kappa shape index (κ2) is 7.05. The quantitative estimate of drug-likeness (QED) is 0.526.